The van der Waals surface area contributed by atoms with Gasteiger partial charge >= 0.3 is 0 Å². The van der Waals surface area contributed by atoms with Crippen LogP contribution in [-0.2, 0) is 14.8 Å². The van der Waals surface area contributed by atoms with Crippen LogP contribution in [0.15, 0.2) is 39.6 Å². The van der Waals surface area contributed by atoms with Crippen LogP contribution in [0.1, 0.15) is 11.1 Å². The Bertz CT molecular complexity index is 1190. The maximum absolute atomic E-state index is 12.5. The molecule has 1 aromatic heterocycles. The van der Waals surface area contributed by atoms with Crippen LogP contribution in [0.5, 0.6) is 0 Å². The predicted molar refractivity (Wildman–Crippen MR) is 121 cm³/mol. The second kappa shape index (κ2) is 8.61. The second-order valence-electron chi connectivity index (χ2n) is 6.63. The number of aromatic nitrogens is 1. The van der Waals surface area contributed by atoms with E-state index in [2.05, 4.69) is 10.3 Å². The highest BCUT2D eigenvalue weighted by Crippen LogP contribution is 2.31. The van der Waals surface area contributed by atoms with Crippen LogP contribution in [0.2, 0.25) is 5.02 Å². The van der Waals surface area contributed by atoms with Gasteiger partial charge < -0.3 is 5.32 Å². The number of thioether (sulfide) groups is 1. The van der Waals surface area contributed by atoms with Crippen LogP contribution in [-0.4, -0.2) is 43.5 Å². The van der Waals surface area contributed by atoms with Gasteiger partial charge in [-0.15, -0.1) is 11.3 Å². The lowest BCUT2D eigenvalue weighted by Crippen LogP contribution is -2.23. The smallest absolute Gasteiger partial charge is 0.242 e. The van der Waals surface area contributed by atoms with Gasteiger partial charge in [0.05, 0.1) is 20.9 Å². The van der Waals surface area contributed by atoms with Gasteiger partial charge in [0.1, 0.15) is 0 Å². The van der Waals surface area contributed by atoms with Gasteiger partial charge in [-0.25, -0.2) is 17.7 Å². The lowest BCUT2D eigenvalue weighted by atomic mass is 10.1. The Balaban J connectivity index is 1.75. The zero-order valence-corrected chi connectivity index (χ0v) is 19.5. The monoisotopic (exact) mass is 469 g/mol. The van der Waals surface area contributed by atoms with Crippen LogP contribution in [0, 0.1) is 13.8 Å². The molecule has 0 atom stereocenters. The molecular weight excluding hydrogens is 450 g/mol. The lowest BCUT2D eigenvalue weighted by Gasteiger charge is -2.16. The number of thiazole rings is 1. The summed E-state index contributed by atoms with van der Waals surface area (Å²) in [5.41, 5.74) is 2.92. The fourth-order valence-electron chi connectivity index (χ4n) is 2.57. The van der Waals surface area contributed by atoms with Gasteiger partial charge in [0.2, 0.25) is 15.9 Å². The molecule has 3 aromatic rings. The van der Waals surface area contributed by atoms with Crippen LogP contribution < -0.4 is 5.32 Å². The van der Waals surface area contributed by atoms with Crippen molar-refractivity contribution in [3.05, 3.63) is 46.5 Å². The summed E-state index contributed by atoms with van der Waals surface area (Å²) >= 11 is 8.81. The molecule has 0 saturated heterocycles. The highest BCUT2D eigenvalue weighted by molar-refractivity contribution is 8.01. The standard InChI is InChI=1S/C19H20ClN3O3S3/c1-11-7-14(29(25,26)23(3)4)9-15(12(11)2)21-18(24)10-27-19-22-16-8-13(20)5-6-17(16)28-19/h5-9H,10H2,1-4H3,(H,21,24). The van der Waals surface area contributed by atoms with Crippen molar-refractivity contribution in [1.29, 1.82) is 0 Å². The topological polar surface area (TPSA) is 79.4 Å². The van der Waals surface area contributed by atoms with Gasteiger partial charge in [0.25, 0.3) is 0 Å². The Morgan fingerprint density at radius 3 is 2.66 bits per heavy atom. The van der Waals surface area contributed by atoms with Gasteiger partial charge in [-0.1, -0.05) is 23.4 Å². The zero-order valence-electron chi connectivity index (χ0n) is 16.3. The van der Waals surface area contributed by atoms with Crippen LogP contribution in [0.25, 0.3) is 10.2 Å². The molecule has 154 valence electrons. The molecule has 0 radical (unpaired) electrons. The van der Waals surface area contributed by atoms with Crippen molar-refractivity contribution in [2.24, 2.45) is 0 Å². The van der Waals surface area contributed by atoms with Crippen molar-refractivity contribution in [3.63, 3.8) is 0 Å². The van der Waals surface area contributed by atoms with Crippen molar-refractivity contribution < 1.29 is 13.2 Å². The molecule has 2 aromatic carbocycles. The number of nitrogens with one attached hydrogen (secondary N) is 1. The third kappa shape index (κ3) is 4.92. The minimum atomic E-state index is -3.59. The number of halogens is 1. The molecule has 10 heteroatoms. The van der Waals surface area contributed by atoms with Crippen molar-refractivity contribution in [2.45, 2.75) is 23.1 Å². The fraction of sp³-hybridized carbons (Fsp3) is 0.263. The Hall–Kier alpha value is -1.65. The average Bonchev–Trinajstić information content (AvgIpc) is 3.05. The van der Waals surface area contributed by atoms with Gasteiger partial charge in [-0.2, -0.15) is 0 Å². The van der Waals surface area contributed by atoms with E-state index in [1.807, 2.05) is 26.0 Å². The fourth-order valence-corrected chi connectivity index (χ4v) is 5.60. The summed E-state index contributed by atoms with van der Waals surface area (Å²) < 4.78 is 27.8. The molecular formula is C19H20ClN3O3S3. The quantitative estimate of drug-likeness (QED) is 0.536. The minimum Gasteiger partial charge on any atom is -0.325 e. The molecule has 1 amide bonds. The van der Waals surface area contributed by atoms with E-state index >= 15 is 0 Å². The van der Waals surface area contributed by atoms with E-state index in [-0.39, 0.29) is 16.6 Å². The minimum absolute atomic E-state index is 0.150. The molecule has 1 N–H and O–H groups in total. The molecule has 0 aliphatic carbocycles. The summed E-state index contributed by atoms with van der Waals surface area (Å²) in [6.07, 6.45) is 0. The molecule has 0 unspecified atom stereocenters. The van der Waals surface area contributed by atoms with Crippen molar-refractivity contribution in [2.75, 3.05) is 25.2 Å². The van der Waals surface area contributed by atoms with Crippen LogP contribution in [0.3, 0.4) is 0 Å². The van der Waals surface area contributed by atoms with E-state index in [1.54, 1.807) is 12.1 Å². The Kier molecular flexibility index (Phi) is 6.54. The molecule has 0 bridgehead atoms. The number of carbonyl (C=O) groups excluding carboxylic acids is 1. The lowest BCUT2D eigenvalue weighted by molar-refractivity contribution is -0.113. The van der Waals surface area contributed by atoms with Gasteiger partial charge in [0, 0.05) is 24.8 Å². The Morgan fingerprint density at radius 2 is 1.97 bits per heavy atom. The summed E-state index contributed by atoms with van der Waals surface area (Å²) in [6.45, 7) is 3.67. The summed E-state index contributed by atoms with van der Waals surface area (Å²) in [5.74, 6) is -0.0642. The number of hydrogen-bond acceptors (Lipinski definition) is 6. The largest absolute Gasteiger partial charge is 0.325 e. The molecule has 6 nitrogen and oxygen atoms in total. The van der Waals surface area contributed by atoms with Crippen molar-refractivity contribution in [3.8, 4) is 0 Å². The summed E-state index contributed by atoms with van der Waals surface area (Å²) in [7, 11) is -0.637. The predicted octanol–water partition coefficient (Wildman–Crippen LogP) is 4.55. The maximum Gasteiger partial charge on any atom is 0.242 e. The molecule has 29 heavy (non-hydrogen) atoms. The second-order valence-corrected chi connectivity index (χ2v) is 11.5. The third-order valence-corrected chi connectivity index (χ3v) is 8.56. The first-order valence-electron chi connectivity index (χ1n) is 8.60. The number of hydrogen-bond donors (Lipinski definition) is 1. The number of anilines is 1. The molecule has 3 rings (SSSR count). The van der Waals surface area contributed by atoms with E-state index in [9.17, 15) is 13.2 Å². The van der Waals surface area contributed by atoms with Gasteiger partial charge in [-0.3, -0.25) is 4.79 Å². The van der Waals surface area contributed by atoms with Crippen molar-refractivity contribution >= 4 is 66.5 Å². The maximum atomic E-state index is 12.5. The normalized spacial score (nSPS) is 11.9. The first-order valence-corrected chi connectivity index (χ1v) is 12.2. The first kappa shape index (κ1) is 22.0. The number of aryl methyl sites for hydroxylation is 1. The number of amides is 1. The summed E-state index contributed by atoms with van der Waals surface area (Å²) in [6, 6.07) is 8.62. The molecule has 1 heterocycles. The Labute approximate surface area is 183 Å². The number of benzene rings is 2. The van der Waals surface area contributed by atoms with E-state index in [0.29, 0.717) is 10.7 Å². The molecule has 0 saturated carbocycles. The molecule has 0 aliphatic heterocycles. The summed E-state index contributed by atoms with van der Waals surface area (Å²) in [4.78, 5) is 17.1. The van der Waals surface area contributed by atoms with E-state index in [1.165, 1.54) is 43.3 Å². The summed E-state index contributed by atoms with van der Waals surface area (Å²) in [5, 5.41) is 3.45. The van der Waals surface area contributed by atoms with E-state index < -0.39 is 10.0 Å². The number of sulfonamides is 1. The third-order valence-electron chi connectivity index (χ3n) is 4.35. The number of fused-ring (bicyclic) bond motifs is 1. The molecule has 0 aliphatic rings. The molecule has 0 fully saturated rings. The Morgan fingerprint density at radius 1 is 1.24 bits per heavy atom. The first-order chi connectivity index (χ1) is 13.6. The number of nitrogens with zero attached hydrogens (tertiary/aromatic N) is 2. The van der Waals surface area contributed by atoms with Gasteiger partial charge in [-0.05, 0) is 55.3 Å². The van der Waals surface area contributed by atoms with Gasteiger partial charge in [0.15, 0.2) is 4.34 Å². The zero-order chi connectivity index (χ0) is 21.3. The average molecular weight is 470 g/mol. The van der Waals surface area contributed by atoms with Crippen molar-refractivity contribution in [1.82, 2.24) is 9.29 Å². The SMILES string of the molecule is Cc1cc(S(=O)(=O)N(C)C)cc(NC(=O)CSc2nc3cc(Cl)ccc3s2)c1C. The number of carbonyl (C=O) groups is 1. The van der Waals surface area contributed by atoms with Crippen LogP contribution >= 0.6 is 34.7 Å². The highest BCUT2D eigenvalue weighted by Gasteiger charge is 2.20. The van der Waals surface area contributed by atoms with E-state index in [0.717, 1.165) is 30.0 Å². The van der Waals surface area contributed by atoms with Crippen LogP contribution in [0.4, 0.5) is 5.69 Å². The van der Waals surface area contributed by atoms with E-state index in [4.69, 9.17) is 11.6 Å². The highest BCUT2D eigenvalue weighted by atomic mass is 35.5. The molecule has 0 spiro atoms. The number of rotatable bonds is 6.